The van der Waals surface area contributed by atoms with E-state index in [1.165, 1.54) is 6.07 Å². The Hall–Kier alpha value is -3.61. The second-order valence-corrected chi connectivity index (χ2v) is 7.24. The van der Waals surface area contributed by atoms with Gasteiger partial charge in [-0.1, -0.05) is 36.8 Å². The number of aliphatic carboxylic acids is 1. The van der Waals surface area contributed by atoms with Crippen LogP contribution in [0.1, 0.15) is 32.6 Å². The number of fused-ring (bicyclic) bond motifs is 1. The average molecular weight is 422 g/mol. The summed E-state index contributed by atoms with van der Waals surface area (Å²) in [4.78, 5) is 34.6. The lowest BCUT2D eigenvalue weighted by molar-refractivity contribution is -0.305. The fourth-order valence-electron chi connectivity index (χ4n) is 3.26. The minimum atomic E-state index is -1.06. The van der Waals surface area contributed by atoms with Crippen LogP contribution in [0.25, 0.3) is 22.1 Å². The van der Waals surface area contributed by atoms with Crippen LogP contribution in [0.4, 0.5) is 0 Å². The Bertz CT molecular complexity index is 1110. The van der Waals surface area contributed by atoms with Gasteiger partial charge in [-0.15, -0.1) is 0 Å². The van der Waals surface area contributed by atoms with E-state index in [0.29, 0.717) is 37.1 Å². The normalized spacial score (nSPS) is 11.8. The van der Waals surface area contributed by atoms with E-state index in [1.54, 1.807) is 25.1 Å². The monoisotopic (exact) mass is 422 g/mol. The van der Waals surface area contributed by atoms with E-state index in [-0.39, 0.29) is 12.3 Å². The van der Waals surface area contributed by atoms with E-state index < -0.39 is 17.7 Å². The third-order valence-corrected chi connectivity index (χ3v) is 4.84. The summed E-state index contributed by atoms with van der Waals surface area (Å²) in [5.41, 5.74) is 1.58. The van der Waals surface area contributed by atoms with Crippen molar-refractivity contribution in [2.75, 3.05) is 6.54 Å². The summed E-state index contributed by atoms with van der Waals surface area (Å²) >= 11 is 0. The minimum Gasteiger partial charge on any atom is -0.550 e. The molecule has 0 aliphatic rings. The van der Waals surface area contributed by atoms with E-state index in [0.717, 1.165) is 16.5 Å². The Morgan fingerprint density at radius 1 is 1.06 bits per heavy atom. The summed E-state index contributed by atoms with van der Waals surface area (Å²) in [6.45, 7) is 2.07. The summed E-state index contributed by atoms with van der Waals surface area (Å²) in [5.74, 6) is -0.926. The Balaban J connectivity index is 1.63. The predicted octanol–water partition coefficient (Wildman–Crippen LogP) is 2.65. The SMILES string of the molecule is C[C@H](Oc1ccc2c(-c3ccccc3)cc(=O)oc2c1)C(=O)NCCCCCC(=O)[O-]. The Morgan fingerprint density at radius 2 is 1.84 bits per heavy atom. The lowest BCUT2D eigenvalue weighted by Crippen LogP contribution is -2.36. The maximum absolute atomic E-state index is 12.2. The number of amides is 1. The van der Waals surface area contributed by atoms with Crippen LogP contribution in [-0.4, -0.2) is 24.5 Å². The van der Waals surface area contributed by atoms with Crippen molar-refractivity contribution in [2.24, 2.45) is 0 Å². The Labute approximate surface area is 179 Å². The smallest absolute Gasteiger partial charge is 0.336 e. The lowest BCUT2D eigenvalue weighted by atomic mass is 10.0. The van der Waals surface area contributed by atoms with Crippen LogP contribution in [0.15, 0.2) is 63.8 Å². The van der Waals surface area contributed by atoms with Crippen LogP contribution < -0.4 is 20.8 Å². The largest absolute Gasteiger partial charge is 0.550 e. The maximum atomic E-state index is 12.2. The highest BCUT2D eigenvalue weighted by atomic mass is 16.5. The number of carbonyl (C=O) groups is 2. The molecule has 7 heteroatoms. The van der Waals surface area contributed by atoms with Crippen molar-refractivity contribution >= 4 is 22.8 Å². The van der Waals surface area contributed by atoms with Crippen molar-refractivity contribution in [3.05, 3.63) is 65.0 Å². The minimum absolute atomic E-state index is 0.0253. The number of ether oxygens (including phenoxy) is 1. The highest BCUT2D eigenvalue weighted by Crippen LogP contribution is 2.29. The zero-order chi connectivity index (χ0) is 22.2. The average Bonchev–Trinajstić information content (AvgIpc) is 2.75. The molecule has 1 aromatic heterocycles. The second kappa shape index (κ2) is 10.4. The number of carboxylic acids is 1. The van der Waals surface area contributed by atoms with Gasteiger partial charge in [0.2, 0.25) is 0 Å². The van der Waals surface area contributed by atoms with Crippen LogP contribution in [0.2, 0.25) is 0 Å². The number of nitrogens with one attached hydrogen (secondary N) is 1. The van der Waals surface area contributed by atoms with Gasteiger partial charge in [0.15, 0.2) is 6.10 Å². The quantitative estimate of drug-likeness (QED) is 0.397. The van der Waals surface area contributed by atoms with Gasteiger partial charge in [-0.3, -0.25) is 4.79 Å². The number of benzene rings is 2. The molecule has 0 aliphatic carbocycles. The van der Waals surface area contributed by atoms with Crippen LogP contribution in [0.5, 0.6) is 5.75 Å². The molecule has 3 aromatic rings. The molecule has 0 aliphatic heterocycles. The van der Waals surface area contributed by atoms with Crippen LogP contribution in [0, 0.1) is 0 Å². The number of hydrogen-bond acceptors (Lipinski definition) is 6. The molecule has 3 rings (SSSR count). The third kappa shape index (κ3) is 6.18. The number of rotatable bonds is 10. The first-order valence-electron chi connectivity index (χ1n) is 10.2. The Kier molecular flexibility index (Phi) is 7.43. The van der Waals surface area contributed by atoms with Gasteiger partial charge in [0.25, 0.3) is 5.91 Å². The zero-order valence-corrected chi connectivity index (χ0v) is 17.3. The van der Waals surface area contributed by atoms with Crippen molar-refractivity contribution in [1.82, 2.24) is 5.32 Å². The highest BCUT2D eigenvalue weighted by molar-refractivity contribution is 5.93. The summed E-state index contributed by atoms with van der Waals surface area (Å²) in [6.07, 6.45) is 1.17. The van der Waals surface area contributed by atoms with Crippen molar-refractivity contribution in [2.45, 2.75) is 38.7 Å². The molecule has 7 nitrogen and oxygen atoms in total. The van der Waals surface area contributed by atoms with E-state index in [2.05, 4.69) is 5.32 Å². The summed E-state index contributed by atoms with van der Waals surface area (Å²) in [5, 5.41) is 13.9. The van der Waals surface area contributed by atoms with Gasteiger partial charge >= 0.3 is 5.63 Å². The van der Waals surface area contributed by atoms with Gasteiger partial charge in [0, 0.05) is 30.0 Å². The van der Waals surface area contributed by atoms with Gasteiger partial charge in [0.05, 0.1) is 0 Å². The van der Waals surface area contributed by atoms with Gasteiger partial charge in [0.1, 0.15) is 11.3 Å². The first-order valence-corrected chi connectivity index (χ1v) is 10.2. The third-order valence-electron chi connectivity index (χ3n) is 4.84. The first kappa shape index (κ1) is 22.1. The number of carbonyl (C=O) groups excluding carboxylic acids is 2. The standard InChI is InChI=1S/C24H25NO6/c1-16(24(29)25-13-7-3-6-10-22(26)27)30-18-11-12-19-20(17-8-4-2-5-9-17)15-23(28)31-21(19)14-18/h2,4-5,8-9,11-12,14-16H,3,6-7,10,13H2,1H3,(H,25,29)(H,26,27)/p-1/t16-/m0/s1. The molecule has 31 heavy (non-hydrogen) atoms. The van der Waals surface area contributed by atoms with E-state index in [9.17, 15) is 19.5 Å². The van der Waals surface area contributed by atoms with E-state index in [4.69, 9.17) is 9.15 Å². The fraction of sp³-hybridized carbons (Fsp3) is 0.292. The molecule has 0 unspecified atom stereocenters. The van der Waals surface area contributed by atoms with Gasteiger partial charge < -0.3 is 24.4 Å². The second-order valence-electron chi connectivity index (χ2n) is 7.24. The van der Waals surface area contributed by atoms with Crippen LogP contribution in [-0.2, 0) is 9.59 Å². The first-order chi connectivity index (χ1) is 14.9. The molecule has 0 saturated carbocycles. The molecule has 1 N–H and O–H groups in total. The van der Waals surface area contributed by atoms with Crippen molar-refractivity contribution < 1.29 is 23.8 Å². The molecule has 0 bridgehead atoms. The molecule has 162 valence electrons. The fourth-order valence-corrected chi connectivity index (χ4v) is 3.26. The topological polar surface area (TPSA) is 109 Å². The van der Waals surface area contributed by atoms with Crippen molar-refractivity contribution in [3.8, 4) is 16.9 Å². The number of carboxylic acid groups (broad SMARTS) is 1. The molecule has 0 fully saturated rings. The van der Waals surface area contributed by atoms with E-state index >= 15 is 0 Å². The van der Waals surface area contributed by atoms with Crippen LogP contribution >= 0.6 is 0 Å². The molecule has 2 aromatic carbocycles. The van der Waals surface area contributed by atoms with Crippen molar-refractivity contribution in [3.63, 3.8) is 0 Å². The molecule has 1 atom stereocenters. The molecule has 0 radical (unpaired) electrons. The van der Waals surface area contributed by atoms with Gasteiger partial charge in [-0.25, -0.2) is 4.79 Å². The molecular formula is C24H24NO6-. The predicted molar refractivity (Wildman–Crippen MR) is 114 cm³/mol. The molecule has 1 heterocycles. The number of hydrogen-bond donors (Lipinski definition) is 1. The zero-order valence-electron chi connectivity index (χ0n) is 17.3. The van der Waals surface area contributed by atoms with E-state index in [1.807, 2.05) is 30.3 Å². The summed E-state index contributed by atoms with van der Waals surface area (Å²) in [7, 11) is 0. The van der Waals surface area contributed by atoms with Crippen LogP contribution in [0.3, 0.4) is 0 Å². The summed E-state index contributed by atoms with van der Waals surface area (Å²) in [6, 6.07) is 16.1. The molecule has 0 saturated heterocycles. The number of unbranched alkanes of at least 4 members (excludes halogenated alkanes) is 2. The van der Waals surface area contributed by atoms with Gasteiger partial charge in [-0.2, -0.15) is 0 Å². The molecule has 0 spiro atoms. The van der Waals surface area contributed by atoms with Crippen molar-refractivity contribution in [1.29, 1.82) is 0 Å². The maximum Gasteiger partial charge on any atom is 0.336 e. The van der Waals surface area contributed by atoms with Gasteiger partial charge in [-0.05, 0) is 49.4 Å². The lowest BCUT2D eigenvalue weighted by Gasteiger charge is -2.15. The molecular weight excluding hydrogens is 398 g/mol. The summed E-state index contributed by atoms with van der Waals surface area (Å²) < 4.78 is 11.1. The Morgan fingerprint density at radius 3 is 2.58 bits per heavy atom. The highest BCUT2D eigenvalue weighted by Gasteiger charge is 2.15. The molecule has 1 amide bonds.